The van der Waals surface area contributed by atoms with E-state index in [1.807, 2.05) is 47.8 Å². The van der Waals surface area contributed by atoms with Crippen LogP contribution >= 0.6 is 11.3 Å². The molecule has 2 N–H and O–H groups in total. The first-order valence-electron chi connectivity index (χ1n) is 7.98. The summed E-state index contributed by atoms with van der Waals surface area (Å²) in [6.07, 6.45) is 1.67. The van der Waals surface area contributed by atoms with Gasteiger partial charge in [-0.05, 0) is 29.9 Å². The van der Waals surface area contributed by atoms with Gasteiger partial charge < -0.3 is 10.4 Å². The lowest BCUT2D eigenvalue weighted by Crippen LogP contribution is -2.40. The Morgan fingerprint density at radius 3 is 2.70 bits per heavy atom. The molecule has 2 aromatic rings. The SMILES string of the molecule is O=C(CN(CC(O)c1ccccc1)C1CC1)NCc1cccs1. The summed E-state index contributed by atoms with van der Waals surface area (Å²) in [5.41, 5.74) is 0.900. The third-order valence-electron chi connectivity index (χ3n) is 4.04. The summed E-state index contributed by atoms with van der Waals surface area (Å²) < 4.78 is 0. The van der Waals surface area contributed by atoms with E-state index in [4.69, 9.17) is 0 Å². The molecule has 0 saturated heterocycles. The van der Waals surface area contributed by atoms with Gasteiger partial charge in [-0.15, -0.1) is 11.3 Å². The van der Waals surface area contributed by atoms with E-state index in [1.54, 1.807) is 11.3 Å². The van der Waals surface area contributed by atoms with Gasteiger partial charge in [-0.1, -0.05) is 36.4 Å². The van der Waals surface area contributed by atoms with E-state index in [2.05, 4.69) is 10.2 Å². The molecule has 4 nitrogen and oxygen atoms in total. The fourth-order valence-electron chi connectivity index (χ4n) is 2.62. The van der Waals surface area contributed by atoms with Crippen LogP contribution in [0.5, 0.6) is 0 Å². The molecular weight excluding hydrogens is 308 g/mol. The molecule has 1 amide bonds. The molecule has 0 radical (unpaired) electrons. The van der Waals surface area contributed by atoms with Crippen molar-refractivity contribution in [3.8, 4) is 0 Å². The predicted molar refractivity (Wildman–Crippen MR) is 92.2 cm³/mol. The van der Waals surface area contributed by atoms with Gasteiger partial charge in [0.2, 0.25) is 5.91 Å². The van der Waals surface area contributed by atoms with E-state index in [9.17, 15) is 9.90 Å². The molecule has 0 bridgehead atoms. The summed E-state index contributed by atoms with van der Waals surface area (Å²) >= 11 is 1.64. The van der Waals surface area contributed by atoms with Crippen LogP contribution in [0.1, 0.15) is 29.4 Å². The number of carbonyl (C=O) groups excluding carboxylic acids is 1. The van der Waals surface area contributed by atoms with E-state index in [-0.39, 0.29) is 5.91 Å². The van der Waals surface area contributed by atoms with E-state index in [0.29, 0.717) is 25.7 Å². The lowest BCUT2D eigenvalue weighted by molar-refractivity contribution is -0.122. The van der Waals surface area contributed by atoms with Crippen LogP contribution in [0.2, 0.25) is 0 Å². The fourth-order valence-corrected chi connectivity index (χ4v) is 3.27. The van der Waals surface area contributed by atoms with E-state index >= 15 is 0 Å². The number of aliphatic hydroxyl groups is 1. The van der Waals surface area contributed by atoms with Crippen LogP contribution in [0.25, 0.3) is 0 Å². The highest BCUT2D eigenvalue weighted by Gasteiger charge is 2.31. The number of nitrogens with zero attached hydrogens (tertiary/aromatic N) is 1. The predicted octanol–water partition coefficient (Wildman–Crippen LogP) is 2.56. The molecule has 1 aromatic heterocycles. The van der Waals surface area contributed by atoms with Crippen molar-refractivity contribution in [3.63, 3.8) is 0 Å². The lowest BCUT2D eigenvalue weighted by atomic mass is 10.1. The van der Waals surface area contributed by atoms with E-state index in [0.717, 1.165) is 23.3 Å². The van der Waals surface area contributed by atoms with Crippen LogP contribution in [0.15, 0.2) is 47.8 Å². The Morgan fingerprint density at radius 2 is 2.04 bits per heavy atom. The standard InChI is InChI=1S/C18H22N2O2S/c21-17(14-5-2-1-3-6-14)12-20(15-8-9-15)13-18(22)19-11-16-7-4-10-23-16/h1-7,10,15,17,21H,8-9,11-13H2,(H,19,22). The average Bonchev–Trinajstić information content (AvgIpc) is 3.29. The summed E-state index contributed by atoms with van der Waals surface area (Å²) in [6.45, 7) is 1.43. The van der Waals surface area contributed by atoms with Gasteiger partial charge in [0.05, 0.1) is 19.2 Å². The zero-order valence-corrected chi connectivity index (χ0v) is 13.8. The second kappa shape index (κ2) is 7.73. The number of thiophene rings is 1. The van der Waals surface area contributed by atoms with Gasteiger partial charge in [-0.3, -0.25) is 9.69 Å². The van der Waals surface area contributed by atoms with Gasteiger partial charge in [-0.25, -0.2) is 0 Å². The first-order chi connectivity index (χ1) is 11.2. The van der Waals surface area contributed by atoms with Gasteiger partial charge in [0, 0.05) is 17.5 Å². The van der Waals surface area contributed by atoms with Crippen molar-refractivity contribution >= 4 is 17.2 Å². The molecular formula is C18H22N2O2S. The summed E-state index contributed by atoms with van der Waals surface area (Å²) in [4.78, 5) is 15.4. The lowest BCUT2D eigenvalue weighted by Gasteiger charge is -2.24. The molecule has 1 saturated carbocycles. The molecule has 0 aliphatic heterocycles. The van der Waals surface area contributed by atoms with Crippen molar-refractivity contribution < 1.29 is 9.90 Å². The van der Waals surface area contributed by atoms with Crippen LogP contribution in [0.3, 0.4) is 0 Å². The Kier molecular flexibility index (Phi) is 5.43. The van der Waals surface area contributed by atoms with Crippen molar-refractivity contribution in [2.24, 2.45) is 0 Å². The molecule has 23 heavy (non-hydrogen) atoms. The zero-order valence-electron chi connectivity index (χ0n) is 13.0. The largest absolute Gasteiger partial charge is 0.387 e. The van der Waals surface area contributed by atoms with Crippen LogP contribution in [0.4, 0.5) is 0 Å². The van der Waals surface area contributed by atoms with Gasteiger partial charge in [0.1, 0.15) is 0 Å². The smallest absolute Gasteiger partial charge is 0.234 e. The minimum Gasteiger partial charge on any atom is -0.387 e. The second-order valence-corrected chi connectivity index (χ2v) is 6.98. The Labute approximate surface area is 140 Å². The molecule has 0 spiro atoms. The summed E-state index contributed by atoms with van der Waals surface area (Å²) in [7, 11) is 0. The van der Waals surface area contributed by atoms with Gasteiger partial charge in [-0.2, -0.15) is 0 Å². The summed E-state index contributed by atoms with van der Waals surface area (Å²) in [5.74, 6) is 0.0190. The second-order valence-electron chi connectivity index (χ2n) is 5.94. The molecule has 3 rings (SSSR count). The van der Waals surface area contributed by atoms with Crippen molar-refractivity contribution in [1.29, 1.82) is 0 Å². The maximum absolute atomic E-state index is 12.2. The van der Waals surface area contributed by atoms with Crippen LogP contribution in [0, 0.1) is 0 Å². The molecule has 1 aliphatic rings. The van der Waals surface area contributed by atoms with Gasteiger partial charge in [0.15, 0.2) is 0 Å². The zero-order chi connectivity index (χ0) is 16.1. The number of amides is 1. The molecule has 5 heteroatoms. The summed E-state index contributed by atoms with van der Waals surface area (Å²) in [5, 5.41) is 15.4. The first kappa shape index (κ1) is 16.2. The number of benzene rings is 1. The molecule has 1 aromatic carbocycles. The third kappa shape index (κ3) is 4.89. The molecule has 1 atom stereocenters. The topological polar surface area (TPSA) is 52.6 Å². The Hall–Kier alpha value is -1.69. The van der Waals surface area contributed by atoms with Crippen molar-refractivity contribution in [2.75, 3.05) is 13.1 Å². The summed E-state index contributed by atoms with van der Waals surface area (Å²) in [6, 6.07) is 14.1. The number of aliphatic hydroxyl groups excluding tert-OH is 1. The van der Waals surface area contributed by atoms with Gasteiger partial charge >= 0.3 is 0 Å². The maximum Gasteiger partial charge on any atom is 0.234 e. The Bertz CT molecular complexity index is 611. The molecule has 1 aliphatic carbocycles. The minimum atomic E-state index is -0.554. The maximum atomic E-state index is 12.2. The average molecular weight is 330 g/mol. The van der Waals surface area contributed by atoms with Crippen molar-refractivity contribution in [2.45, 2.75) is 31.5 Å². The quantitative estimate of drug-likeness (QED) is 0.782. The molecule has 1 fully saturated rings. The Balaban J connectivity index is 1.51. The van der Waals surface area contributed by atoms with E-state index in [1.165, 1.54) is 0 Å². The minimum absolute atomic E-state index is 0.0190. The number of hydrogen-bond donors (Lipinski definition) is 2. The fraction of sp³-hybridized carbons (Fsp3) is 0.389. The van der Waals surface area contributed by atoms with Crippen molar-refractivity contribution in [1.82, 2.24) is 10.2 Å². The number of carbonyl (C=O) groups is 1. The van der Waals surface area contributed by atoms with Crippen LogP contribution in [-0.4, -0.2) is 35.0 Å². The highest BCUT2D eigenvalue weighted by atomic mass is 32.1. The molecule has 1 heterocycles. The monoisotopic (exact) mass is 330 g/mol. The highest BCUT2D eigenvalue weighted by Crippen LogP contribution is 2.28. The number of hydrogen-bond acceptors (Lipinski definition) is 4. The first-order valence-corrected chi connectivity index (χ1v) is 8.86. The third-order valence-corrected chi connectivity index (χ3v) is 4.92. The Morgan fingerprint density at radius 1 is 1.26 bits per heavy atom. The normalized spacial score (nSPS) is 15.6. The number of nitrogens with one attached hydrogen (secondary N) is 1. The van der Waals surface area contributed by atoms with Crippen LogP contribution < -0.4 is 5.32 Å². The molecule has 1 unspecified atom stereocenters. The number of rotatable bonds is 8. The van der Waals surface area contributed by atoms with Gasteiger partial charge in [0.25, 0.3) is 0 Å². The van der Waals surface area contributed by atoms with E-state index < -0.39 is 6.10 Å². The van der Waals surface area contributed by atoms with Crippen LogP contribution in [-0.2, 0) is 11.3 Å². The molecule has 122 valence electrons. The highest BCUT2D eigenvalue weighted by molar-refractivity contribution is 7.09. The van der Waals surface area contributed by atoms with Crippen molar-refractivity contribution in [3.05, 3.63) is 58.3 Å².